The molecule has 1 aromatic rings. The first-order valence-electron chi connectivity index (χ1n) is 6.16. The molecule has 0 unspecified atom stereocenters. The van der Waals surface area contributed by atoms with E-state index in [1.807, 2.05) is 4.90 Å². The molecule has 2 aliphatic rings. The summed E-state index contributed by atoms with van der Waals surface area (Å²) in [4.78, 5) is 1.82. The molecule has 1 saturated heterocycles. The van der Waals surface area contributed by atoms with E-state index in [0.717, 1.165) is 19.2 Å². The Morgan fingerprint density at radius 3 is 2.55 bits per heavy atom. The fourth-order valence-corrected chi connectivity index (χ4v) is 2.32. The lowest BCUT2D eigenvalue weighted by atomic mass is 10.2. The number of hydroxylamine groups is 1. The van der Waals surface area contributed by atoms with E-state index in [2.05, 4.69) is 10.4 Å². The number of hydrogen-bond donors (Lipinski definition) is 2. The average molecular weight is 280 g/mol. The number of fused-ring (bicyclic) bond motifs is 1. The Morgan fingerprint density at radius 2 is 1.85 bits per heavy atom. The third-order valence-electron chi connectivity index (χ3n) is 3.33. The summed E-state index contributed by atoms with van der Waals surface area (Å²) in [5.74, 6) is -1.03. The quantitative estimate of drug-likeness (QED) is 0.750. The molecule has 0 spiro atoms. The van der Waals surface area contributed by atoms with Crippen LogP contribution in [0.3, 0.4) is 0 Å². The number of anilines is 3. The van der Waals surface area contributed by atoms with E-state index in [1.54, 1.807) is 0 Å². The molecule has 20 heavy (non-hydrogen) atoms. The third kappa shape index (κ3) is 2.01. The molecule has 9 heteroatoms. The number of nitrogens with zero attached hydrogens (tertiary/aromatic N) is 4. The van der Waals surface area contributed by atoms with E-state index >= 15 is 0 Å². The molecule has 0 bridgehead atoms. The monoisotopic (exact) mass is 280 g/mol. The van der Waals surface area contributed by atoms with Crippen molar-refractivity contribution in [2.75, 3.05) is 41.3 Å². The lowest BCUT2D eigenvalue weighted by molar-refractivity contribution is 0.566. The summed E-state index contributed by atoms with van der Waals surface area (Å²) in [5.41, 5.74) is 5.50. The van der Waals surface area contributed by atoms with Crippen molar-refractivity contribution >= 4 is 23.0 Å². The largest absolute Gasteiger partial charge is 0.752 e. The highest BCUT2D eigenvalue weighted by Gasteiger charge is 2.21. The molecule has 0 amide bonds. The fraction of sp³-hybridized carbons (Fsp3) is 0.364. The van der Waals surface area contributed by atoms with Crippen molar-refractivity contribution in [3.8, 4) is 0 Å². The van der Waals surface area contributed by atoms with Crippen molar-refractivity contribution in [1.82, 2.24) is 5.32 Å². The number of nitrogens with two attached hydrogens (primary N) is 1. The zero-order valence-electron chi connectivity index (χ0n) is 10.5. The van der Waals surface area contributed by atoms with E-state index in [-0.39, 0.29) is 22.2 Å². The number of hydrazone groups is 1. The highest BCUT2D eigenvalue weighted by molar-refractivity contribution is 6.02. The molecule has 0 atom stereocenters. The predicted octanol–water partition coefficient (Wildman–Crippen LogP) is 0.0870. The number of piperazine rings is 1. The van der Waals surface area contributed by atoms with Crippen LogP contribution in [0.15, 0.2) is 17.2 Å². The van der Waals surface area contributed by atoms with Crippen LogP contribution in [-0.4, -0.2) is 32.1 Å². The van der Waals surface area contributed by atoms with Gasteiger partial charge in [-0.2, -0.15) is 0 Å². The molecule has 0 radical (unpaired) electrons. The summed E-state index contributed by atoms with van der Waals surface area (Å²) in [5, 5.41) is 30.3. The van der Waals surface area contributed by atoms with Gasteiger partial charge in [0.15, 0.2) is 0 Å². The Balaban J connectivity index is 2.03. The molecule has 2 heterocycles. The van der Waals surface area contributed by atoms with E-state index in [0.29, 0.717) is 18.2 Å². The molecule has 0 saturated carbocycles. The highest BCUT2D eigenvalue weighted by atomic mass is 19.1. The van der Waals surface area contributed by atoms with Crippen LogP contribution in [-0.2, 0) is 0 Å². The second kappa shape index (κ2) is 4.78. The third-order valence-corrected chi connectivity index (χ3v) is 3.33. The van der Waals surface area contributed by atoms with Gasteiger partial charge >= 0.3 is 0 Å². The lowest BCUT2D eigenvalue weighted by Crippen LogP contribution is -2.44. The summed E-state index contributed by atoms with van der Waals surface area (Å²) in [6, 6.07) is 2.36. The van der Waals surface area contributed by atoms with Gasteiger partial charge in [-0.15, -0.1) is 5.10 Å². The summed E-state index contributed by atoms with van der Waals surface area (Å²) in [6.07, 6.45) is 0. The van der Waals surface area contributed by atoms with E-state index in [9.17, 15) is 14.8 Å². The number of guanidine groups is 1. The first-order valence-corrected chi connectivity index (χ1v) is 6.16. The van der Waals surface area contributed by atoms with Gasteiger partial charge in [-0.05, 0) is 6.07 Å². The topological polar surface area (TPSA) is 106 Å². The van der Waals surface area contributed by atoms with Gasteiger partial charge in [0, 0.05) is 32.2 Å². The van der Waals surface area contributed by atoms with Gasteiger partial charge < -0.3 is 36.6 Å². The maximum atomic E-state index is 14.1. The van der Waals surface area contributed by atoms with Gasteiger partial charge in [0.1, 0.15) is 5.82 Å². The van der Waals surface area contributed by atoms with Crippen molar-refractivity contribution in [1.29, 1.82) is 0 Å². The minimum atomic E-state index is -0.560. The van der Waals surface area contributed by atoms with Crippen molar-refractivity contribution in [3.05, 3.63) is 28.4 Å². The standard InChI is InChI=1S/C11H13FN6O2/c12-7-5-10-9(17(19)11(13)15-18(10)20)6-8(7)16-3-1-14-2-4-16/h5-6,14H,1-4H2,(H2,13,15)/q-2. The van der Waals surface area contributed by atoms with Gasteiger partial charge in [-0.25, -0.2) is 4.39 Å². The first kappa shape index (κ1) is 12.9. The Labute approximate surface area is 114 Å². The summed E-state index contributed by atoms with van der Waals surface area (Å²) < 4.78 is 14.1. The average Bonchev–Trinajstić information content (AvgIpc) is 2.45. The molecular formula is C11H13FN6O2-2. The van der Waals surface area contributed by atoms with Crippen LogP contribution in [0.4, 0.5) is 21.5 Å². The Morgan fingerprint density at radius 1 is 1.15 bits per heavy atom. The normalized spacial score (nSPS) is 18.9. The highest BCUT2D eigenvalue weighted by Crippen LogP contribution is 2.37. The zero-order valence-corrected chi connectivity index (χ0v) is 10.5. The molecule has 0 aliphatic carbocycles. The van der Waals surface area contributed by atoms with Crippen LogP contribution in [0.25, 0.3) is 0 Å². The number of halogens is 1. The maximum absolute atomic E-state index is 14.1. The van der Waals surface area contributed by atoms with Crippen LogP contribution < -0.4 is 26.2 Å². The van der Waals surface area contributed by atoms with Crippen LogP contribution in [0, 0.1) is 16.2 Å². The van der Waals surface area contributed by atoms with Gasteiger partial charge in [0.25, 0.3) is 0 Å². The van der Waals surface area contributed by atoms with Crippen molar-refractivity contribution in [2.45, 2.75) is 0 Å². The Kier molecular flexibility index (Phi) is 3.08. The second-order valence-electron chi connectivity index (χ2n) is 4.55. The molecule has 108 valence electrons. The fourth-order valence-electron chi connectivity index (χ4n) is 2.32. The molecule has 0 aromatic heterocycles. The SMILES string of the molecule is NC1=NN([O-])c2cc(F)c(N3CCNCC3)cc2N1[O-]. The number of benzene rings is 1. The van der Waals surface area contributed by atoms with Crippen LogP contribution in [0.2, 0.25) is 0 Å². The Hall–Kier alpha value is -2.10. The van der Waals surface area contributed by atoms with Crippen molar-refractivity contribution in [3.63, 3.8) is 0 Å². The first-order chi connectivity index (χ1) is 9.58. The summed E-state index contributed by atoms with van der Waals surface area (Å²) in [7, 11) is 0. The summed E-state index contributed by atoms with van der Waals surface area (Å²) in [6.45, 7) is 2.71. The van der Waals surface area contributed by atoms with E-state index in [4.69, 9.17) is 5.73 Å². The Bertz CT molecular complexity index is 560. The summed E-state index contributed by atoms with van der Waals surface area (Å²) >= 11 is 0. The van der Waals surface area contributed by atoms with Gasteiger partial charge in [0.2, 0.25) is 5.96 Å². The molecule has 1 fully saturated rings. The maximum Gasteiger partial charge on any atom is 0.207 e. The van der Waals surface area contributed by atoms with Gasteiger partial charge in [-0.3, -0.25) is 0 Å². The molecule has 3 rings (SSSR count). The molecule has 3 N–H and O–H groups in total. The van der Waals surface area contributed by atoms with Crippen LogP contribution in [0.5, 0.6) is 0 Å². The van der Waals surface area contributed by atoms with Crippen LogP contribution in [0.1, 0.15) is 0 Å². The van der Waals surface area contributed by atoms with Gasteiger partial charge in [0.05, 0.1) is 17.1 Å². The van der Waals surface area contributed by atoms with Crippen LogP contribution >= 0.6 is 0 Å². The molecular weight excluding hydrogens is 267 g/mol. The van der Waals surface area contributed by atoms with Crippen molar-refractivity contribution in [2.24, 2.45) is 10.8 Å². The number of hydrogen-bond acceptors (Lipinski definition) is 8. The smallest absolute Gasteiger partial charge is 0.207 e. The predicted molar refractivity (Wildman–Crippen MR) is 74.8 cm³/mol. The lowest BCUT2D eigenvalue weighted by Gasteiger charge is -2.42. The molecule has 1 aromatic carbocycles. The van der Waals surface area contributed by atoms with E-state index < -0.39 is 11.8 Å². The second-order valence-corrected chi connectivity index (χ2v) is 4.55. The van der Waals surface area contributed by atoms with Gasteiger partial charge in [-0.1, -0.05) is 0 Å². The molecule has 2 aliphatic heterocycles. The van der Waals surface area contributed by atoms with Crippen molar-refractivity contribution < 1.29 is 4.39 Å². The number of nitrogens with one attached hydrogen (secondary N) is 1. The minimum absolute atomic E-state index is 0.00225. The van der Waals surface area contributed by atoms with E-state index in [1.165, 1.54) is 6.07 Å². The minimum Gasteiger partial charge on any atom is -0.752 e. The number of rotatable bonds is 1. The zero-order chi connectivity index (χ0) is 14.3. The molecule has 8 nitrogen and oxygen atoms in total.